The fourth-order valence-electron chi connectivity index (χ4n) is 1.12. The zero-order valence-corrected chi connectivity index (χ0v) is 8.77. The Bertz CT molecular complexity index is 293. The van der Waals surface area contributed by atoms with Crippen LogP contribution in [-0.2, 0) is 6.54 Å². The standard InChI is InChI=1S/C10H13ClFNO/c1-13-7-8-2-3-10(9(11)6-8)14-5-4-12/h2-3,6,13H,4-5,7H2,1H3. The Hall–Kier alpha value is -0.800. The molecule has 0 amide bonds. The van der Waals surface area contributed by atoms with E-state index in [1.165, 1.54) is 0 Å². The van der Waals surface area contributed by atoms with Crippen molar-refractivity contribution in [2.45, 2.75) is 6.54 Å². The summed E-state index contributed by atoms with van der Waals surface area (Å²) >= 11 is 5.93. The number of rotatable bonds is 5. The summed E-state index contributed by atoms with van der Waals surface area (Å²) in [4.78, 5) is 0. The third-order valence-electron chi connectivity index (χ3n) is 1.71. The van der Waals surface area contributed by atoms with Gasteiger partial charge in [0.2, 0.25) is 0 Å². The third kappa shape index (κ3) is 3.16. The van der Waals surface area contributed by atoms with Crippen molar-refractivity contribution in [2.75, 3.05) is 20.3 Å². The van der Waals surface area contributed by atoms with E-state index in [0.29, 0.717) is 10.8 Å². The molecule has 0 atom stereocenters. The molecule has 0 unspecified atom stereocenters. The van der Waals surface area contributed by atoms with E-state index >= 15 is 0 Å². The SMILES string of the molecule is CNCc1ccc(OCCF)c(Cl)c1. The van der Waals surface area contributed by atoms with Crippen LogP contribution in [0.4, 0.5) is 4.39 Å². The van der Waals surface area contributed by atoms with Gasteiger partial charge in [0.05, 0.1) is 5.02 Å². The zero-order valence-electron chi connectivity index (χ0n) is 8.02. The normalized spacial score (nSPS) is 10.2. The topological polar surface area (TPSA) is 21.3 Å². The molecule has 1 aromatic rings. The minimum atomic E-state index is -0.505. The summed E-state index contributed by atoms with van der Waals surface area (Å²) in [5.74, 6) is 0.532. The molecule has 2 nitrogen and oxygen atoms in total. The van der Waals surface area contributed by atoms with Crippen LogP contribution in [-0.4, -0.2) is 20.3 Å². The van der Waals surface area contributed by atoms with Crippen molar-refractivity contribution in [1.82, 2.24) is 5.32 Å². The molecule has 78 valence electrons. The molecule has 1 N–H and O–H groups in total. The van der Waals surface area contributed by atoms with Crippen LogP contribution in [0.3, 0.4) is 0 Å². The van der Waals surface area contributed by atoms with Gasteiger partial charge in [0.15, 0.2) is 0 Å². The quantitative estimate of drug-likeness (QED) is 0.818. The van der Waals surface area contributed by atoms with Crippen LogP contribution in [0.2, 0.25) is 5.02 Å². The largest absolute Gasteiger partial charge is 0.489 e. The highest BCUT2D eigenvalue weighted by molar-refractivity contribution is 6.32. The van der Waals surface area contributed by atoms with E-state index in [1.807, 2.05) is 19.2 Å². The molecular formula is C10H13ClFNO. The maximum Gasteiger partial charge on any atom is 0.138 e. The molecule has 0 heterocycles. The summed E-state index contributed by atoms with van der Waals surface area (Å²) in [5, 5.41) is 3.53. The van der Waals surface area contributed by atoms with E-state index in [0.717, 1.165) is 12.1 Å². The highest BCUT2D eigenvalue weighted by Gasteiger charge is 2.02. The van der Waals surface area contributed by atoms with Gasteiger partial charge in [0.25, 0.3) is 0 Å². The molecule has 0 aliphatic rings. The van der Waals surface area contributed by atoms with Gasteiger partial charge in [0.1, 0.15) is 19.0 Å². The predicted molar refractivity (Wildman–Crippen MR) is 55.7 cm³/mol. The molecule has 1 rings (SSSR count). The van der Waals surface area contributed by atoms with Gasteiger partial charge >= 0.3 is 0 Å². The Morgan fingerprint density at radius 3 is 2.86 bits per heavy atom. The van der Waals surface area contributed by atoms with E-state index in [1.54, 1.807) is 6.07 Å². The van der Waals surface area contributed by atoms with Crippen LogP contribution in [0.5, 0.6) is 5.75 Å². The van der Waals surface area contributed by atoms with Crippen molar-refractivity contribution in [3.05, 3.63) is 28.8 Å². The first-order valence-corrected chi connectivity index (χ1v) is 4.77. The second-order valence-corrected chi connectivity index (χ2v) is 3.24. The van der Waals surface area contributed by atoms with E-state index < -0.39 is 6.67 Å². The summed E-state index contributed by atoms with van der Waals surface area (Å²) < 4.78 is 16.9. The van der Waals surface area contributed by atoms with Gasteiger partial charge in [-0.1, -0.05) is 17.7 Å². The van der Waals surface area contributed by atoms with Crippen LogP contribution in [0, 0.1) is 0 Å². The van der Waals surface area contributed by atoms with E-state index in [4.69, 9.17) is 16.3 Å². The van der Waals surface area contributed by atoms with Crippen molar-refractivity contribution in [3.63, 3.8) is 0 Å². The highest BCUT2D eigenvalue weighted by atomic mass is 35.5. The third-order valence-corrected chi connectivity index (χ3v) is 2.01. The van der Waals surface area contributed by atoms with Gasteiger partial charge in [-0.2, -0.15) is 0 Å². The smallest absolute Gasteiger partial charge is 0.138 e. The Balaban J connectivity index is 2.68. The van der Waals surface area contributed by atoms with Crippen LogP contribution in [0.1, 0.15) is 5.56 Å². The molecule has 14 heavy (non-hydrogen) atoms. The molecule has 0 spiro atoms. The van der Waals surface area contributed by atoms with Crippen molar-refractivity contribution >= 4 is 11.6 Å². The summed E-state index contributed by atoms with van der Waals surface area (Å²) in [6, 6.07) is 5.46. The Morgan fingerprint density at radius 2 is 2.29 bits per heavy atom. The maximum absolute atomic E-state index is 11.8. The summed E-state index contributed by atoms with van der Waals surface area (Å²) in [5.41, 5.74) is 1.07. The van der Waals surface area contributed by atoms with Crippen LogP contribution in [0.15, 0.2) is 18.2 Å². The first-order valence-electron chi connectivity index (χ1n) is 4.39. The lowest BCUT2D eigenvalue weighted by molar-refractivity contribution is 0.273. The van der Waals surface area contributed by atoms with Gasteiger partial charge < -0.3 is 10.1 Å². The minimum Gasteiger partial charge on any atom is -0.489 e. The lowest BCUT2D eigenvalue weighted by atomic mass is 10.2. The number of ether oxygens (including phenoxy) is 1. The second kappa shape index (κ2) is 5.83. The zero-order chi connectivity index (χ0) is 10.4. The number of benzene rings is 1. The molecular weight excluding hydrogens is 205 g/mol. The molecule has 1 aromatic carbocycles. The number of hydrogen-bond donors (Lipinski definition) is 1. The number of hydrogen-bond acceptors (Lipinski definition) is 2. The predicted octanol–water partition coefficient (Wildman–Crippen LogP) is 2.41. The summed E-state index contributed by atoms with van der Waals surface area (Å²) in [6.07, 6.45) is 0. The van der Waals surface area contributed by atoms with Gasteiger partial charge in [-0.3, -0.25) is 0 Å². The monoisotopic (exact) mass is 217 g/mol. The van der Waals surface area contributed by atoms with Gasteiger partial charge in [-0.15, -0.1) is 0 Å². The Morgan fingerprint density at radius 1 is 1.50 bits per heavy atom. The maximum atomic E-state index is 11.8. The molecule has 4 heteroatoms. The van der Waals surface area contributed by atoms with Crippen LogP contribution in [0.25, 0.3) is 0 Å². The molecule has 0 aliphatic heterocycles. The number of alkyl halides is 1. The second-order valence-electron chi connectivity index (χ2n) is 2.83. The van der Waals surface area contributed by atoms with Crippen molar-refractivity contribution < 1.29 is 9.13 Å². The van der Waals surface area contributed by atoms with Crippen molar-refractivity contribution in [1.29, 1.82) is 0 Å². The van der Waals surface area contributed by atoms with Gasteiger partial charge in [-0.05, 0) is 24.7 Å². The van der Waals surface area contributed by atoms with Crippen molar-refractivity contribution in [3.8, 4) is 5.75 Å². The first-order chi connectivity index (χ1) is 6.77. The first kappa shape index (κ1) is 11.3. The average Bonchev–Trinajstić information content (AvgIpc) is 2.17. The van der Waals surface area contributed by atoms with E-state index in [-0.39, 0.29) is 6.61 Å². The molecule has 0 fully saturated rings. The van der Waals surface area contributed by atoms with Crippen LogP contribution < -0.4 is 10.1 Å². The molecule has 0 aromatic heterocycles. The molecule has 0 aliphatic carbocycles. The molecule has 0 bridgehead atoms. The van der Waals surface area contributed by atoms with Crippen molar-refractivity contribution in [2.24, 2.45) is 0 Å². The Kier molecular flexibility index (Phi) is 4.70. The average molecular weight is 218 g/mol. The number of nitrogens with one attached hydrogen (secondary N) is 1. The fraction of sp³-hybridized carbons (Fsp3) is 0.400. The van der Waals surface area contributed by atoms with Gasteiger partial charge in [-0.25, -0.2) is 4.39 Å². The van der Waals surface area contributed by atoms with E-state index in [2.05, 4.69) is 5.32 Å². The molecule has 0 saturated carbocycles. The molecule has 0 saturated heterocycles. The summed E-state index contributed by atoms with van der Waals surface area (Å²) in [7, 11) is 1.86. The van der Waals surface area contributed by atoms with E-state index in [9.17, 15) is 4.39 Å². The highest BCUT2D eigenvalue weighted by Crippen LogP contribution is 2.25. The number of halogens is 2. The fourth-order valence-corrected chi connectivity index (χ4v) is 1.38. The summed E-state index contributed by atoms with van der Waals surface area (Å²) in [6.45, 7) is 0.294. The van der Waals surface area contributed by atoms with Crippen LogP contribution >= 0.6 is 11.6 Å². The minimum absolute atomic E-state index is 0.0467. The molecule has 0 radical (unpaired) electrons. The lowest BCUT2D eigenvalue weighted by Gasteiger charge is -2.07. The van der Waals surface area contributed by atoms with Gasteiger partial charge in [0, 0.05) is 6.54 Å². The Labute approximate surface area is 88.0 Å². The lowest BCUT2D eigenvalue weighted by Crippen LogP contribution is -2.05.